The normalized spacial score (nSPS) is 22.7. The van der Waals surface area contributed by atoms with Gasteiger partial charge in [0.1, 0.15) is 36.4 Å². The number of hydrogen-bond donors (Lipinski definition) is 10. The van der Waals surface area contributed by atoms with Gasteiger partial charge in [-0.3, -0.25) is 43.2 Å². The lowest BCUT2D eigenvalue weighted by Gasteiger charge is -2.30. The zero-order chi connectivity index (χ0) is 50.3. The number of thioether (sulfide) groups is 2. The predicted octanol–water partition coefficient (Wildman–Crippen LogP) is 0.0994. The van der Waals surface area contributed by atoms with Crippen LogP contribution in [0, 0.1) is 12.3 Å². The minimum atomic E-state index is -1.57. The van der Waals surface area contributed by atoms with Crippen LogP contribution >= 0.6 is 23.5 Å². The Hall–Kier alpha value is -6.80. The summed E-state index contributed by atoms with van der Waals surface area (Å²) in [6, 6.07) is 8.10. The number of nitrogens with zero attached hydrogens (tertiary/aromatic N) is 1. The fourth-order valence-electron chi connectivity index (χ4n) is 7.37. The molecule has 21 nitrogen and oxygen atoms in total. The van der Waals surface area contributed by atoms with Gasteiger partial charge in [-0.25, -0.2) is 4.79 Å². The highest BCUT2D eigenvalue weighted by Gasteiger charge is 2.40. The predicted molar refractivity (Wildman–Crippen MR) is 255 cm³/mol. The van der Waals surface area contributed by atoms with Crippen LogP contribution in [0.1, 0.15) is 74.5 Å². The van der Waals surface area contributed by atoms with E-state index in [9.17, 15) is 58.2 Å². The molecule has 69 heavy (non-hydrogen) atoms. The number of nitrogens with one attached hydrogen (secondary N) is 7. The number of carboxylic acids is 2. The van der Waals surface area contributed by atoms with Gasteiger partial charge in [0.25, 0.3) is 0 Å². The average Bonchev–Trinajstić information content (AvgIpc) is 3.81. The molecule has 0 saturated carbocycles. The molecule has 1 saturated heterocycles. The van der Waals surface area contributed by atoms with E-state index in [0.717, 1.165) is 16.0 Å². The molecule has 1 fully saturated rings. The number of carbonyl (C=O) groups excluding carboxylic acids is 8. The van der Waals surface area contributed by atoms with Crippen molar-refractivity contribution in [2.75, 3.05) is 24.6 Å². The number of carbonyl (C=O) groups is 10. The Morgan fingerprint density at radius 1 is 0.739 bits per heavy atom. The second-order valence-electron chi connectivity index (χ2n) is 16.3. The van der Waals surface area contributed by atoms with Gasteiger partial charge in [0.2, 0.25) is 41.4 Å². The van der Waals surface area contributed by atoms with Crippen LogP contribution in [0.4, 0.5) is 4.79 Å². The first kappa shape index (κ1) is 54.8. The van der Waals surface area contributed by atoms with Crippen molar-refractivity contribution in [2.24, 2.45) is 5.73 Å². The number of urea groups is 1. The summed E-state index contributed by atoms with van der Waals surface area (Å²) in [5.74, 6) is -4.07. The Balaban J connectivity index is 1.67. The summed E-state index contributed by atoms with van der Waals surface area (Å²) in [6.07, 6.45) is 2.27. The van der Waals surface area contributed by atoms with Crippen molar-refractivity contribution >= 4 is 82.8 Å². The lowest BCUT2D eigenvalue weighted by atomic mass is 10.0. The number of primary amides is 1. The third kappa shape index (κ3) is 19.4. The lowest BCUT2D eigenvalue weighted by Crippen LogP contribution is -2.60. The SMILES string of the molecule is C#CCCC(=O)N[C@H]1CSCc2ccc(cc2)CSCCNC(=O)[C@H](CCC(=O)O)NC(=O)[C@H](CCC(=O)O)NC(=O)[C@H](Cc2ccccc2)NC(=O)[C@@H]2CCCN2C(=O)[C@H](CC(N)=O)NC(=O)N1. The smallest absolute Gasteiger partial charge is 0.317 e. The molecule has 0 unspecified atom stereocenters. The molecule has 5 rings (SSSR count). The summed E-state index contributed by atoms with van der Waals surface area (Å²) in [6.45, 7) is 0.170. The molecule has 0 aromatic heterocycles. The van der Waals surface area contributed by atoms with Crippen LogP contribution in [-0.4, -0.2) is 135 Å². The number of benzene rings is 2. The Kier molecular flexibility index (Phi) is 22.6. The number of fused-ring (bicyclic) bond motifs is 24. The molecule has 9 amide bonds. The summed E-state index contributed by atoms with van der Waals surface area (Å²) in [5, 5.41) is 37.2. The summed E-state index contributed by atoms with van der Waals surface area (Å²) in [5.41, 5.74) is 8.01. The van der Waals surface area contributed by atoms with Crippen molar-refractivity contribution in [3.05, 3.63) is 71.3 Å². The number of nitrogens with two attached hydrogens (primary N) is 1. The first-order valence-electron chi connectivity index (χ1n) is 22.3. The van der Waals surface area contributed by atoms with E-state index < -0.39 is 121 Å². The summed E-state index contributed by atoms with van der Waals surface area (Å²) >= 11 is 2.89. The van der Waals surface area contributed by atoms with Crippen molar-refractivity contribution in [1.82, 2.24) is 42.1 Å². The van der Waals surface area contributed by atoms with Crippen LogP contribution in [0.3, 0.4) is 0 Å². The van der Waals surface area contributed by atoms with Gasteiger partial charge in [-0.1, -0.05) is 54.6 Å². The molecule has 6 atom stereocenters. The van der Waals surface area contributed by atoms with Gasteiger partial charge in [0.15, 0.2) is 0 Å². The zero-order valence-electron chi connectivity index (χ0n) is 37.9. The first-order chi connectivity index (χ1) is 33.0. The number of carboxylic acid groups (broad SMARTS) is 2. The van der Waals surface area contributed by atoms with Gasteiger partial charge in [0.05, 0.1) is 6.42 Å². The van der Waals surface area contributed by atoms with E-state index in [0.29, 0.717) is 29.2 Å². The molecule has 3 aliphatic heterocycles. The maximum Gasteiger partial charge on any atom is 0.317 e. The van der Waals surface area contributed by atoms with Crippen LogP contribution in [0.5, 0.6) is 0 Å². The van der Waals surface area contributed by atoms with Crippen molar-refractivity contribution in [3.63, 3.8) is 0 Å². The minimum absolute atomic E-state index is 0.0173. The maximum absolute atomic E-state index is 14.2. The molecule has 11 N–H and O–H groups in total. The Morgan fingerprint density at radius 2 is 1.33 bits per heavy atom. The molecule has 2 aromatic carbocycles. The molecule has 3 aliphatic rings. The minimum Gasteiger partial charge on any atom is -0.481 e. The van der Waals surface area contributed by atoms with Gasteiger partial charge >= 0.3 is 18.0 Å². The highest BCUT2D eigenvalue weighted by Crippen LogP contribution is 2.21. The third-order valence-electron chi connectivity index (χ3n) is 10.9. The highest BCUT2D eigenvalue weighted by atomic mass is 32.2. The van der Waals surface area contributed by atoms with E-state index in [1.807, 2.05) is 24.3 Å². The van der Waals surface area contributed by atoms with Crippen LogP contribution < -0.4 is 43.0 Å². The monoisotopic (exact) mass is 993 g/mol. The number of terminal acetylenes is 1. The largest absolute Gasteiger partial charge is 0.481 e. The number of amides is 9. The maximum atomic E-state index is 14.2. The second kappa shape index (κ2) is 28.5. The molecule has 372 valence electrons. The van der Waals surface area contributed by atoms with E-state index in [4.69, 9.17) is 12.2 Å². The second-order valence-corrected chi connectivity index (χ2v) is 18.4. The average molecular weight is 994 g/mol. The standard InChI is InChI=1S/C46H59N9O12S2/c1-2-3-11-38(57)53-37-27-69-26-30-14-12-29(13-15-30)25-68-22-20-48-41(62)31(16-18-39(58)59)49-42(63)32(17-19-40(60)61)50-43(64)33(23-28-8-5-4-6-9-28)51-44(65)35-10-7-21-55(35)45(66)34(24-36(47)56)52-46(67)54-37/h1,4-6,8-9,12-15,31-35,37H,3,7,10-11,16-27H2,(H2,47,56)(H,48,62)(H,49,63)(H,50,64)(H,51,65)(H,53,57)(H,58,59)(H,60,61)(H2,52,54,67)/t31-,32-,33-,34-,35-,37+/m0/s1. The van der Waals surface area contributed by atoms with Crippen molar-refractivity contribution in [1.29, 1.82) is 0 Å². The van der Waals surface area contributed by atoms with Crippen molar-refractivity contribution < 1.29 is 58.2 Å². The van der Waals surface area contributed by atoms with E-state index in [1.165, 1.54) is 23.5 Å². The molecular formula is C46H59N9O12S2. The molecule has 23 heteroatoms. The highest BCUT2D eigenvalue weighted by molar-refractivity contribution is 7.98. The Bertz CT molecular complexity index is 2190. The molecule has 2 bridgehead atoms. The summed E-state index contributed by atoms with van der Waals surface area (Å²) in [7, 11) is 0. The fourth-order valence-corrected chi connectivity index (χ4v) is 9.13. The molecule has 0 radical (unpaired) electrons. The number of rotatable bonds is 13. The van der Waals surface area contributed by atoms with Crippen molar-refractivity contribution in [3.8, 4) is 12.3 Å². The topological polar surface area (TPSA) is 325 Å². The quantitative estimate of drug-likeness (QED) is 0.0941. The number of aliphatic carboxylic acids is 2. The Morgan fingerprint density at radius 3 is 1.94 bits per heavy atom. The zero-order valence-corrected chi connectivity index (χ0v) is 39.5. The fraction of sp³-hybridized carbons (Fsp3) is 0.478. The first-order valence-corrected chi connectivity index (χ1v) is 24.6. The van der Waals surface area contributed by atoms with E-state index in [1.54, 1.807) is 30.3 Å². The Labute approximate surface area is 407 Å². The van der Waals surface area contributed by atoms with Crippen LogP contribution in [-0.2, 0) is 61.1 Å². The third-order valence-corrected chi connectivity index (χ3v) is 13.0. The summed E-state index contributed by atoms with van der Waals surface area (Å²) in [4.78, 5) is 133. The lowest BCUT2D eigenvalue weighted by molar-refractivity contribution is -0.142. The summed E-state index contributed by atoms with van der Waals surface area (Å²) < 4.78 is 0. The van der Waals surface area contributed by atoms with Gasteiger partial charge in [-0.15, -0.1) is 12.3 Å². The number of hydrogen-bond acceptors (Lipinski definition) is 12. The van der Waals surface area contributed by atoms with Crippen LogP contribution in [0.15, 0.2) is 54.6 Å². The molecule has 2 aromatic rings. The van der Waals surface area contributed by atoms with E-state index >= 15 is 0 Å². The van der Waals surface area contributed by atoms with E-state index in [-0.39, 0.29) is 50.9 Å². The molecule has 0 spiro atoms. The van der Waals surface area contributed by atoms with Gasteiger partial charge in [-0.2, -0.15) is 23.5 Å². The molecule has 0 aliphatic carbocycles. The van der Waals surface area contributed by atoms with Gasteiger partial charge in [-0.05, 0) is 42.4 Å². The van der Waals surface area contributed by atoms with Crippen LogP contribution in [0.25, 0.3) is 0 Å². The van der Waals surface area contributed by atoms with E-state index in [2.05, 4.69) is 43.1 Å². The molecular weight excluding hydrogens is 935 g/mol. The molecule has 3 heterocycles. The van der Waals surface area contributed by atoms with Crippen LogP contribution in [0.2, 0.25) is 0 Å². The van der Waals surface area contributed by atoms with Gasteiger partial charge in [0, 0.05) is 68.2 Å². The van der Waals surface area contributed by atoms with Crippen molar-refractivity contribution in [2.45, 2.75) is 112 Å². The van der Waals surface area contributed by atoms with Gasteiger partial charge < -0.3 is 58.1 Å².